The van der Waals surface area contributed by atoms with Gasteiger partial charge in [0, 0.05) is 10.7 Å². The van der Waals surface area contributed by atoms with Crippen molar-refractivity contribution in [3.05, 3.63) is 81.5 Å². The lowest BCUT2D eigenvalue weighted by Gasteiger charge is -2.04. The Morgan fingerprint density at radius 1 is 1.11 bits per heavy atom. The van der Waals surface area contributed by atoms with Gasteiger partial charge >= 0.3 is 5.69 Å². The zero-order chi connectivity index (χ0) is 19.5. The van der Waals surface area contributed by atoms with Crippen LogP contribution in [0.2, 0.25) is 5.02 Å². The Kier molecular flexibility index (Phi) is 4.85. The number of rotatable bonds is 6. The van der Waals surface area contributed by atoms with Gasteiger partial charge in [0.15, 0.2) is 5.82 Å². The summed E-state index contributed by atoms with van der Waals surface area (Å²) in [5, 5.41) is 19.5. The summed E-state index contributed by atoms with van der Waals surface area (Å²) < 4.78 is 15.8. The largest absolute Gasteiger partial charge is 0.378 e. The second-order valence-corrected chi connectivity index (χ2v) is 6.31. The van der Waals surface area contributed by atoms with Gasteiger partial charge in [-0.3, -0.25) is 4.98 Å². The lowest BCUT2D eigenvalue weighted by Crippen LogP contribution is -2.21. The van der Waals surface area contributed by atoms with Gasteiger partial charge in [-0.25, -0.2) is 13.9 Å². The van der Waals surface area contributed by atoms with Crippen molar-refractivity contribution < 1.29 is 4.39 Å². The first-order valence-corrected chi connectivity index (χ1v) is 8.65. The van der Waals surface area contributed by atoms with Crippen molar-refractivity contribution in [3.8, 4) is 5.69 Å². The second kappa shape index (κ2) is 7.61. The van der Waals surface area contributed by atoms with E-state index in [2.05, 4.69) is 30.9 Å². The number of aromatic nitrogens is 7. The van der Waals surface area contributed by atoms with E-state index >= 15 is 0 Å². The molecule has 4 rings (SSSR count). The van der Waals surface area contributed by atoms with Crippen LogP contribution >= 0.6 is 11.6 Å². The van der Waals surface area contributed by atoms with E-state index in [9.17, 15) is 9.18 Å². The Morgan fingerprint density at radius 3 is 2.61 bits per heavy atom. The van der Waals surface area contributed by atoms with Crippen LogP contribution in [0.25, 0.3) is 5.69 Å². The van der Waals surface area contributed by atoms with Gasteiger partial charge in [-0.05, 0) is 59.0 Å². The van der Waals surface area contributed by atoms with E-state index in [0.717, 1.165) is 5.69 Å². The van der Waals surface area contributed by atoms with E-state index in [4.69, 9.17) is 11.6 Å². The molecule has 2 N–H and O–H groups in total. The number of tetrazole rings is 1. The molecule has 28 heavy (non-hydrogen) atoms. The van der Waals surface area contributed by atoms with Crippen LogP contribution in [0.3, 0.4) is 0 Å². The lowest BCUT2D eigenvalue weighted by atomic mass is 10.3. The Bertz CT molecular complexity index is 1130. The summed E-state index contributed by atoms with van der Waals surface area (Å²) in [6, 6.07) is 12.9. The van der Waals surface area contributed by atoms with Crippen molar-refractivity contribution in [1.82, 2.24) is 35.0 Å². The SMILES string of the molecule is O=c1[nH]c(CNc2ccc(Cl)cc2)nn1Cc1nnnn1-c1ccc(F)cc1. The number of nitrogens with one attached hydrogen (secondary N) is 2. The average Bonchev–Trinajstić information content (AvgIpc) is 3.29. The zero-order valence-electron chi connectivity index (χ0n) is 14.4. The molecule has 0 aliphatic carbocycles. The molecule has 0 amide bonds. The van der Waals surface area contributed by atoms with E-state index in [1.807, 2.05) is 12.1 Å². The fraction of sp³-hybridized carbons (Fsp3) is 0.118. The number of nitrogens with zero attached hydrogens (tertiary/aromatic N) is 6. The van der Waals surface area contributed by atoms with E-state index < -0.39 is 0 Å². The molecule has 9 nitrogen and oxygen atoms in total. The highest BCUT2D eigenvalue weighted by molar-refractivity contribution is 6.30. The van der Waals surface area contributed by atoms with Gasteiger partial charge in [-0.15, -0.1) is 5.10 Å². The number of aromatic amines is 1. The van der Waals surface area contributed by atoms with Gasteiger partial charge in [0.25, 0.3) is 0 Å². The Morgan fingerprint density at radius 2 is 1.86 bits per heavy atom. The van der Waals surface area contributed by atoms with E-state index in [1.54, 1.807) is 24.3 Å². The van der Waals surface area contributed by atoms with Crippen LogP contribution in [0.4, 0.5) is 10.1 Å². The summed E-state index contributed by atoms with van der Waals surface area (Å²) in [6.07, 6.45) is 0. The van der Waals surface area contributed by atoms with E-state index in [-0.39, 0.29) is 18.1 Å². The monoisotopic (exact) mass is 400 g/mol. The number of H-pyrrole nitrogens is 1. The molecule has 142 valence electrons. The molecule has 0 aliphatic heterocycles. The summed E-state index contributed by atoms with van der Waals surface area (Å²) in [5.41, 5.74) is 1.04. The van der Waals surface area contributed by atoms with Crippen molar-refractivity contribution in [1.29, 1.82) is 0 Å². The highest BCUT2D eigenvalue weighted by Gasteiger charge is 2.13. The summed E-state index contributed by atoms with van der Waals surface area (Å²) >= 11 is 5.86. The minimum Gasteiger partial charge on any atom is -0.378 e. The molecule has 0 bridgehead atoms. The van der Waals surface area contributed by atoms with Gasteiger partial charge < -0.3 is 5.32 Å². The predicted molar refractivity (Wildman–Crippen MR) is 99.8 cm³/mol. The van der Waals surface area contributed by atoms with E-state index in [1.165, 1.54) is 21.5 Å². The molecule has 0 saturated heterocycles. The summed E-state index contributed by atoms with van der Waals surface area (Å²) in [6.45, 7) is 0.382. The maximum atomic E-state index is 13.1. The number of hydrogen-bond acceptors (Lipinski definition) is 6. The highest BCUT2D eigenvalue weighted by atomic mass is 35.5. The number of hydrogen-bond donors (Lipinski definition) is 2. The van der Waals surface area contributed by atoms with Crippen LogP contribution < -0.4 is 11.0 Å². The van der Waals surface area contributed by atoms with Crippen LogP contribution in [0.1, 0.15) is 11.6 Å². The maximum Gasteiger partial charge on any atom is 0.343 e. The van der Waals surface area contributed by atoms with Crippen LogP contribution in [0.5, 0.6) is 0 Å². The zero-order valence-corrected chi connectivity index (χ0v) is 15.1. The molecule has 4 aromatic rings. The van der Waals surface area contributed by atoms with Gasteiger partial charge in [0.05, 0.1) is 12.2 Å². The molecule has 11 heteroatoms. The van der Waals surface area contributed by atoms with Crippen molar-refractivity contribution in [2.75, 3.05) is 5.32 Å². The maximum absolute atomic E-state index is 13.1. The molecule has 0 radical (unpaired) electrons. The van der Waals surface area contributed by atoms with Crippen LogP contribution in [-0.4, -0.2) is 35.0 Å². The third-order valence-corrected chi connectivity index (χ3v) is 4.18. The molecule has 2 aromatic carbocycles. The standard InChI is InChI=1S/C17H14ClFN8O/c18-11-1-5-13(6-2-11)20-9-15-21-17(28)26(23-15)10-16-22-24-25-27(16)14-7-3-12(19)4-8-14/h1-8,20H,9-10H2,(H,21,23,28). The van der Waals surface area contributed by atoms with Gasteiger partial charge in [-0.2, -0.15) is 9.78 Å². The first-order chi connectivity index (χ1) is 13.6. The van der Waals surface area contributed by atoms with Gasteiger partial charge in [-0.1, -0.05) is 11.6 Å². The number of anilines is 1. The first kappa shape index (κ1) is 17.9. The van der Waals surface area contributed by atoms with Gasteiger partial charge in [0.1, 0.15) is 18.2 Å². The summed E-state index contributed by atoms with van der Waals surface area (Å²) in [5.74, 6) is 0.484. The number of halogens is 2. The Hall–Kier alpha value is -3.53. The molecular weight excluding hydrogens is 387 g/mol. The molecule has 0 spiro atoms. The first-order valence-electron chi connectivity index (χ1n) is 8.27. The molecule has 0 fully saturated rings. The minimum atomic E-state index is -0.387. The molecule has 2 aromatic heterocycles. The Balaban J connectivity index is 1.49. The third kappa shape index (κ3) is 3.91. The van der Waals surface area contributed by atoms with Gasteiger partial charge in [0.2, 0.25) is 0 Å². The van der Waals surface area contributed by atoms with Crippen LogP contribution in [0, 0.1) is 5.82 Å². The molecule has 0 aliphatic rings. The fourth-order valence-corrected chi connectivity index (χ4v) is 2.69. The Labute approximate surface area is 162 Å². The topological polar surface area (TPSA) is 106 Å². The number of benzene rings is 2. The molecule has 0 saturated carbocycles. The minimum absolute atomic E-state index is 0.0562. The smallest absolute Gasteiger partial charge is 0.343 e. The molecular formula is C17H14ClFN8O. The summed E-state index contributed by atoms with van der Waals surface area (Å²) in [7, 11) is 0. The van der Waals surface area contributed by atoms with Crippen LogP contribution in [0.15, 0.2) is 53.3 Å². The quantitative estimate of drug-likeness (QED) is 0.512. The third-order valence-electron chi connectivity index (χ3n) is 3.93. The van der Waals surface area contributed by atoms with E-state index in [0.29, 0.717) is 28.9 Å². The highest BCUT2D eigenvalue weighted by Crippen LogP contribution is 2.14. The van der Waals surface area contributed by atoms with Crippen molar-refractivity contribution in [2.24, 2.45) is 0 Å². The molecule has 0 atom stereocenters. The van der Waals surface area contributed by atoms with Crippen molar-refractivity contribution >= 4 is 17.3 Å². The normalized spacial score (nSPS) is 10.9. The second-order valence-electron chi connectivity index (χ2n) is 5.88. The fourth-order valence-electron chi connectivity index (χ4n) is 2.57. The average molecular weight is 401 g/mol. The van der Waals surface area contributed by atoms with Crippen molar-refractivity contribution in [2.45, 2.75) is 13.1 Å². The predicted octanol–water partition coefficient (Wildman–Crippen LogP) is 2.00. The molecule has 2 heterocycles. The lowest BCUT2D eigenvalue weighted by molar-refractivity contribution is 0.606. The van der Waals surface area contributed by atoms with Crippen LogP contribution in [-0.2, 0) is 13.1 Å². The molecule has 0 unspecified atom stereocenters. The van der Waals surface area contributed by atoms with Crippen molar-refractivity contribution in [3.63, 3.8) is 0 Å². The summed E-state index contributed by atoms with van der Waals surface area (Å²) in [4.78, 5) is 14.9.